The number of ether oxygens (including phenoxy) is 9. The van der Waals surface area contributed by atoms with Crippen LogP contribution in [0.1, 0.15) is 57.4 Å². The van der Waals surface area contributed by atoms with Gasteiger partial charge in [-0.25, -0.2) is 0 Å². The van der Waals surface area contributed by atoms with Crippen molar-refractivity contribution in [3.8, 4) is 5.75 Å². The van der Waals surface area contributed by atoms with Crippen LogP contribution in [0.3, 0.4) is 0 Å². The minimum atomic E-state index is -0.280. The van der Waals surface area contributed by atoms with E-state index in [-0.39, 0.29) is 12.4 Å². The smallest absolute Gasteiger partial charge is 0.307 e. The van der Waals surface area contributed by atoms with Crippen LogP contribution in [0.5, 0.6) is 5.75 Å². The zero-order valence-corrected chi connectivity index (χ0v) is 26.2. The maximum absolute atomic E-state index is 10.9. The lowest BCUT2D eigenvalue weighted by molar-refractivity contribution is -0.141. The molecule has 0 aliphatic heterocycles. The standard InChI is InChI=1S/C32H56O10/c1-3-4-5-6-7-8-9-30-10-12-31(13-11-30)42-29-28-41-27-26-40-25-24-39-23-22-38-21-20-37-19-18-36-17-16-35-15-14-32(33)34-2/h10-13H,3-9,14-29H2,1-2H3. The largest absolute Gasteiger partial charge is 0.491 e. The molecule has 0 radical (unpaired) electrons. The van der Waals surface area contributed by atoms with Gasteiger partial charge in [-0.2, -0.15) is 0 Å². The van der Waals surface area contributed by atoms with E-state index >= 15 is 0 Å². The van der Waals surface area contributed by atoms with Gasteiger partial charge < -0.3 is 42.6 Å². The van der Waals surface area contributed by atoms with Gasteiger partial charge in [0.25, 0.3) is 0 Å². The van der Waals surface area contributed by atoms with Crippen molar-refractivity contribution in [3.63, 3.8) is 0 Å². The third kappa shape index (κ3) is 25.9. The van der Waals surface area contributed by atoms with E-state index in [9.17, 15) is 4.79 Å². The zero-order chi connectivity index (χ0) is 30.2. The quantitative estimate of drug-likeness (QED) is 0.0858. The fourth-order valence-corrected chi connectivity index (χ4v) is 3.76. The molecule has 10 nitrogen and oxygen atoms in total. The van der Waals surface area contributed by atoms with E-state index in [1.54, 1.807) is 0 Å². The van der Waals surface area contributed by atoms with E-state index in [2.05, 4.69) is 23.8 Å². The number of hydrogen-bond donors (Lipinski definition) is 0. The van der Waals surface area contributed by atoms with Gasteiger partial charge in [-0.3, -0.25) is 4.79 Å². The van der Waals surface area contributed by atoms with E-state index in [4.69, 9.17) is 37.9 Å². The van der Waals surface area contributed by atoms with Crippen molar-refractivity contribution in [1.29, 1.82) is 0 Å². The van der Waals surface area contributed by atoms with Crippen molar-refractivity contribution in [2.24, 2.45) is 0 Å². The van der Waals surface area contributed by atoms with Crippen molar-refractivity contribution < 1.29 is 47.4 Å². The Morgan fingerprint density at radius 3 is 1.38 bits per heavy atom. The van der Waals surface area contributed by atoms with Crippen molar-refractivity contribution in [2.75, 3.05) is 106 Å². The average Bonchev–Trinajstić information content (AvgIpc) is 3.01. The fraction of sp³-hybridized carbons (Fsp3) is 0.781. The van der Waals surface area contributed by atoms with Gasteiger partial charge in [-0.05, 0) is 30.5 Å². The van der Waals surface area contributed by atoms with Crippen molar-refractivity contribution in [2.45, 2.75) is 58.3 Å². The number of methoxy groups -OCH3 is 1. The minimum absolute atomic E-state index is 0.251. The van der Waals surface area contributed by atoms with Gasteiger partial charge in [0.2, 0.25) is 0 Å². The van der Waals surface area contributed by atoms with Gasteiger partial charge in [-0.1, -0.05) is 51.2 Å². The summed E-state index contributed by atoms with van der Waals surface area (Å²) in [6, 6.07) is 8.42. The number of rotatable bonds is 32. The third-order valence-electron chi connectivity index (χ3n) is 6.15. The molecule has 0 aliphatic rings. The summed E-state index contributed by atoms with van der Waals surface area (Å²) >= 11 is 0. The summed E-state index contributed by atoms with van der Waals surface area (Å²) in [5.41, 5.74) is 1.38. The van der Waals surface area contributed by atoms with Crippen molar-refractivity contribution >= 4 is 5.97 Å². The molecule has 0 fully saturated rings. The molecule has 10 heteroatoms. The van der Waals surface area contributed by atoms with Crippen LogP contribution < -0.4 is 4.74 Å². The summed E-state index contributed by atoms with van der Waals surface area (Å²) < 4.78 is 48.4. The first kappa shape index (κ1) is 38.2. The summed E-state index contributed by atoms with van der Waals surface area (Å²) in [5.74, 6) is 0.603. The molecule has 0 bridgehead atoms. The minimum Gasteiger partial charge on any atom is -0.491 e. The SMILES string of the molecule is CCCCCCCCc1ccc(OCCOCCOCCOCCOCCOCCOCCOCCC(=O)OC)cc1. The maximum atomic E-state index is 10.9. The molecule has 0 atom stereocenters. The second-order valence-corrected chi connectivity index (χ2v) is 9.62. The number of benzene rings is 1. The molecule has 1 aromatic rings. The fourth-order valence-electron chi connectivity index (χ4n) is 3.76. The molecule has 0 aromatic heterocycles. The van der Waals surface area contributed by atoms with E-state index in [0.717, 1.165) is 12.2 Å². The Balaban J connectivity index is 1.74. The van der Waals surface area contributed by atoms with Crippen LogP contribution in [-0.2, 0) is 49.1 Å². The Hall–Kier alpha value is -1.79. The van der Waals surface area contributed by atoms with E-state index in [0.29, 0.717) is 99.1 Å². The van der Waals surface area contributed by atoms with Gasteiger partial charge in [-0.15, -0.1) is 0 Å². The lowest BCUT2D eigenvalue weighted by Gasteiger charge is -2.09. The Kier molecular flexibility index (Phi) is 27.9. The molecule has 0 N–H and O–H groups in total. The highest BCUT2D eigenvalue weighted by molar-refractivity contribution is 5.69. The Morgan fingerprint density at radius 2 is 0.929 bits per heavy atom. The van der Waals surface area contributed by atoms with Gasteiger partial charge in [0.05, 0.1) is 106 Å². The Bertz CT molecular complexity index is 701. The van der Waals surface area contributed by atoms with Crippen LogP contribution in [0.4, 0.5) is 0 Å². The van der Waals surface area contributed by atoms with E-state index < -0.39 is 0 Å². The zero-order valence-electron chi connectivity index (χ0n) is 26.2. The summed E-state index contributed by atoms with van der Waals surface area (Å²) in [5, 5.41) is 0. The van der Waals surface area contributed by atoms with Crippen molar-refractivity contribution in [1.82, 2.24) is 0 Å². The highest BCUT2D eigenvalue weighted by Gasteiger charge is 2.00. The number of aryl methyl sites for hydroxylation is 1. The van der Waals surface area contributed by atoms with E-state index in [1.807, 2.05) is 12.1 Å². The number of unbranched alkanes of at least 4 members (excludes halogenated alkanes) is 5. The molecule has 1 aromatic carbocycles. The average molecular weight is 601 g/mol. The predicted molar refractivity (Wildman–Crippen MR) is 161 cm³/mol. The maximum Gasteiger partial charge on any atom is 0.307 e. The first-order chi connectivity index (χ1) is 20.8. The molecule has 0 heterocycles. The first-order valence-corrected chi connectivity index (χ1v) is 15.6. The first-order valence-electron chi connectivity index (χ1n) is 15.6. The number of carbonyl (C=O) groups excluding carboxylic acids is 1. The lowest BCUT2D eigenvalue weighted by atomic mass is 10.0. The molecule has 1 rings (SSSR count). The molecule has 0 spiro atoms. The molecular formula is C32H56O10. The van der Waals surface area contributed by atoms with Crippen LogP contribution in [0.15, 0.2) is 24.3 Å². The monoisotopic (exact) mass is 600 g/mol. The van der Waals surface area contributed by atoms with Gasteiger partial charge >= 0.3 is 5.97 Å². The van der Waals surface area contributed by atoms with Crippen molar-refractivity contribution in [3.05, 3.63) is 29.8 Å². The van der Waals surface area contributed by atoms with Crippen LogP contribution in [0.25, 0.3) is 0 Å². The lowest BCUT2D eigenvalue weighted by Crippen LogP contribution is -2.15. The van der Waals surface area contributed by atoms with Crippen LogP contribution >= 0.6 is 0 Å². The highest BCUT2D eigenvalue weighted by atomic mass is 16.6. The number of carbonyl (C=O) groups is 1. The predicted octanol–water partition coefficient (Wildman–Crippen LogP) is 4.65. The molecule has 0 saturated carbocycles. The molecular weight excluding hydrogens is 544 g/mol. The summed E-state index contributed by atoms with van der Waals surface area (Å²) in [4.78, 5) is 10.9. The molecule has 0 aliphatic carbocycles. The topological polar surface area (TPSA) is 100 Å². The molecule has 0 saturated heterocycles. The van der Waals surface area contributed by atoms with Gasteiger partial charge in [0.1, 0.15) is 12.4 Å². The number of esters is 1. The second-order valence-electron chi connectivity index (χ2n) is 9.62. The highest BCUT2D eigenvalue weighted by Crippen LogP contribution is 2.15. The summed E-state index contributed by atoms with van der Waals surface area (Å²) in [6.45, 7) is 9.61. The molecule has 244 valence electrons. The molecule has 0 amide bonds. The normalized spacial score (nSPS) is 11.2. The Morgan fingerprint density at radius 1 is 0.524 bits per heavy atom. The molecule has 0 unspecified atom stereocenters. The summed E-state index contributed by atoms with van der Waals surface area (Å²) in [7, 11) is 1.36. The number of hydrogen-bond acceptors (Lipinski definition) is 10. The third-order valence-corrected chi connectivity index (χ3v) is 6.15. The summed E-state index contributed by atoms with van der Waals surface area (Å²) in [6.07, 6.45) is 9.34. The van der Waals surface area contributed by atoms with Gasteiger partial charge in [0.15, 0.2) is 0 Å². The second kappa shape index (κ2) is 30.7. The van der Waals surface area contributed by atoms with Gasteiger partial charge in [0, 0.05) is 0 Å². The Labute approximate surface area is 253 Å². The van der Waals surface area contributed by atoms with Crippen LogP contribution in [0.2, 0.25) is 0 Å². The van der Waals surface area contributed by atoms with Crippen LogP contribution in [0, 0.1) is 0 Å². The van der Waals surface area contributed by atoms with Crippen LogP contribution in [-0.4, -0.2) is 112 Å². The van der Waals surface area contributed by atoms with E-state index in [1.165, 1.54) is 51.2 Å². The molecule has 42 heavy (non-hydrogen) atoms.